The van der Waals surface area contributed by atoms with Crippen molar-refractivity contribution in [2.45, 2.75) is 44.3 Å². The lowest BCUT2D eigenvalue weighted by Crippen LogP contribution is -2.56. The highest BCUT2D eigenvalue weighted by atomic mass is 35.5. The minimum absolute atomic E-state index is 0.0228. The molecule has 1 aromatic carbocycles. The molecule has 2 aromatic heterocycles. The maximum absolute atomic E-state index is 13.2. The molecule has 3 atom stereocenters. The Morgan fingerprint density at radius 1 is 1.08 bits per heavy atom. The average molecular weight is 541 g/mol. The van der Waals surface area contributed by atoms with E-state index >= 15 is 0 Å². The number of rotatable bonds is 5. The number of pyridine rings is 1. The van der Waals surface area contributed by atoms with Gasteiger partial charge in [-0.3, -0.25) is 19.4 Å². The van der Waals surface area contributed by atoms with Gasteiger partial charge in [0.15, 0.2) is 5.01 Å². The molecule has 0 bridgehead atoms. The van der Waals surface area contributed by atoms with Crippen LogP contribution in [0.2, 0.25) is 5.02 Å². The van der Waals surface area contributed by atoms with Crippen LogP contribution in [-0.4, -0.2) is 65.3 Å². The smallest absolute Gasteiger partial charge is 0.280 e. The zero-order valence-corrected chi connectivity index (χ0v) is 22.3. The van der Waals surface area contributed by atoms with Crippen LogP contribution >= 0.6 is 22.9 Å². The SMILES string of the molecule is CN(C)C(=O)[C@H]1CC[C@H](NC(=O)c2cc3ccc(Cl)cc3cn2)[C@H](NC(=O)c2nc3c(s2)CNCC3)C1. The number of halogens is 1. The van der Waals surface area contributed by atoms with Crippen molar-refractivity contribution in [1.82, 2.24) is 30.8 Å². The summed E-state index contributed by atoms with van der Waals surface area (Å²) in [7, 11) is 3.47. The van der Waals surface area contributed by atoms with Gasteiger partial charge >= 0.3 is 0 Å². The first-order chi connectivity index (χ1) is 17.8. The normalized spacial score (nSPS) is 21.2. The van der Waals surface area contributed by atoms with Crippen molar-refractivity contribution in [2.24, 2.45) is 5.92 Å². The van der Waals surface area contributed by atoms with Gasteiger partial charge in [-0.15, -0.1) is 11.3 Å². The van der Waals surface area contributed by atoms with E-state index in [0.717, 1.165) is 34.3 Å². The first-order valence-electron chi connectivity index (χ1n) is 12.4. The fourth-order valence-corrected chi connectivity index (χ4v) is 6.19. The molecule has 0 unspecified atom stereocenters. The summed E-state index contributed by atoms with van der Waals surface area (Å²) in [5.41, 5.74) is 1.25. The van der Waals surface area contributed by atoms with Crippen LogP contribution in [0, 0.1) is 5.92 Å². The number of nitrogens with zero attached hydrogens (tertiary/aromatic N) is 3. The van der Waals surface area contributed by atoms with Crippen molar-refractivity contribution < 1.29 is 14.4 Å². The minimum Gasteiger partial charge on any atom is -0.349 e. The van der Waals surface area contributed by atoms with Gasteiger partial charge in [-0.25, -0.2) is 4.98 Å². The van der Waals surface area contributed by atoms with E-state index in [-0.39, 0.29) is 35.4 Å². The molecule has 1 fully saturated rings. The van der Waals surface area contributed by atoms with Crippen LogP contribution in [0.1, 0.15) is 50.1 Å². The van der Waals surface area contributed by atoms with E-state index in [0.29, 0.717) is 35.8 Å². The standard InChI is InChI=1S/C26H29ClN6O3S/c1-33(2)26(36)15-4-6-18(30-23(34)21-10-14-3-5-17(27)9-16(14)12-29-21)20(11-15)31-24(35)25-32-19-7-8-28-13-22(19)37-25/h3,5,9-10,12,15,18,20,28H,4,6-8,11,13H2,1-2H3,(H,30,34)(H,31,35)/t15-,18-,20+/m0/s1. The molecular weight excluding hydrogens is 512 g/mol. The fraction of sp³-hybridized carbons (Fsp3) is 0.423. The lowest BCUT2D eigenvalue weighted by Gasteiger charge is -2.37. The summed E-state index contributed by atoms with van der Waals surface area (Å²) >= 11 is 7.45. The second-order valence-electron chi connectivity index (χ2n) is 9.78. The van der Waals surface area contributed by atoms with Crippen LogP contribution < -0.4 is 16.0 Å². The van der Waals surface area contributed by atoms with Crippen LogP contribution in [0.5, 0.6) is 0 Å². The average Bonchev–Trinajstić information content (AvgIpc) is 3.33. The van der Waals surface area contributed by atoms with Gasteiger partial charge in [0.25, 0.3) is 11.8 Å². The first kappa shape index (κ1) is 25.6. The Kier molecular flexibility index (Phi) is 7.41. The van der Waals surface area contributed by atoms with E-state index in [4.69, 9.17) is 11.6 Å². The number of aromatic nitrogens is 2. The zero-order valence-electron chi connectivity index (χ0n) is 20.7. The van der Waals surface area contributed by atoms with Crippen molar-refractivity contribution in [3.63, 3.8) is 0 Å². The largest absolute Gasteiger partial charge is 0.349 e. The van der Waals surface area contributed by atoms with Gasteiger partial charge in [-0.05, 0) is 42.8 Å². The molecule has 194 valence electrons. The number of hydrogen-bond acceptors (Lipinski definition) is 7. The molecule has 0 radical (unpaired) electrons. The molecule has 3 amide bonds. The molecule has 0 saturated heterocycles. The summed E-state index contributed by atoms with van der Waals surface area (Å²) in [6.45, 7) is 1.56. The number of fused-ring (bicyclic) bond motifs is 2. The minimum atomic E-state index is -0.419. The van der Waals surface area contributed by atoms with Crippen LogP contribution in [0.4, 0.5) is 0 Å². The monoisotopic (exact) mass is 540 g/mol. The molecule has 3 aromatic rings. The molecular formula is C26H29ClN6O3S. The van der Waals surface area contributed by atoms with Gasteiger partial charge in [-0.2, -0.15) is 0 Å². The lowest BCUT2D eigenvalue weighted by atomic mass is 9.81. The van der Waals surface area contributed by atoms with E-state index in [1.165, 1.54) is 11.3 Å². The van der Waals surface area contributed by atoms with Gasteiger partial charge < -0.3 is 20.9 Å². The molecule has 1 aliphatic carbocycles. The number of hydrogen-bond donors (Lipinski definition) is 3. The van der Waals surface area contributed by atoms with Crippen molar-refractivity contribution in [3.8, 4) is 0 Å². The quantitative estimate of drug-likeness (QED) is 0.458. The van der Waals surface area contributed by atoms with Gasteiger partial charge in [0.1, 0.15) is 5.69 Å². The third kappa shape index (κ3) is 5.61. The van der Waals surface area contributed by atoms with E-state index < -0.39 is 6.04 Å². The predicted molar refractivity (Wildman–Crippen MR) is 143 cm³/mol. The second-order valence-corrected chi connectivity index (χ2v) is 11.3. The molecule has 1 aliphatic heterocycles. The number of amides is 3. The van der Waals surface area contributed by atoms with E-state index in [9.17, 15) is 14.4 Å². The second kappa shape index (κ2) is 10.7. The third-order valence-corrected chi connectivity index (χ3v) is 8.32. The summed E-state index contributed by atoms with van der Waals surface area (Å²) in [6, 6.07) is 6.38. The molecule has 3 heterocycles. The molecule has 11 heteroatoms. The highest BCUT2D eigenvalue weighted by Crippen LogP contribution is 2.28. The summed E-state index contributed by atoms with van der Waals surface area (Å²) in [5.74, 6) is -0.808. The number of carbonyl (C=O) groups excluding carboxylic acids is 3. The highest BCUT2D eigenvalue weighted by molar-refractivity contribution is 7.13. The topological polar surface area (TPSA) is 116 Å². The number of benzene rings is 1. The Morgan fingerprint density at radius 2 is 1.89 bits per heavy atom. The van der Waals surface area contributed by atoms with E-state index in [2.05, 4.69) is 25.9 Å². The van der Waals surface area contributed by atoms with E-state index in [1.807, 2.05) is 6.07 Å². The Labute approximate surface area is 224 Å². The zero-order chi connectivity index (χ0) is 26.1. The Balaban J connectivity index is 1.34. The van der Waals surface area contributed by atoms with Crippen LogP contribution in [0.3, 0.4) is 0 Å². The molecule has 1 saturated carbocycles. The molecule has 2 aliphatic rings. The van der Waals surface area contributed by atoms with Crippen molar-refractivity contribution in [2.75, 3.05) is 20.6 Å². The van der Waals surface area contributed by atoms with Gasteiger partial charge in [0.05, 0.1) is 11.7 Å². The summed E-state index contributed by atoms with van der Waals surface area (Å²) in [4.78, 5) is 50.6. The summed E-state index contributed by atoms with van der Waals surface area (Å²) in [5, 5.41) is 12.2. The highest BCUT2D eigenvalue weighted by Gasteiger charge is 2.37. The number of nitrogens with one attached hydrogen (secondary N) is 3. The van der Waals surface area contributed by atoms with Gasteiger partial charge in [0.2, 0.25) is 5.91 Å². The summed E-state index contributed by atoms with van der Waals surface area (Å²) < 4.78 is 0. The van der Waals surface area contributed by atoms with Gasteiger partial charge in [-0.1, -0.05) is 17.7 Å². The van der Waals surface area contributed by atoms with Crippen molar-refractivity contribution in [1.29, 1.82) is 0 Å². The number of carbonyl (C=O) groups is 3. The molecule has 3 N–H and O–H groups in total. The lowest BCUT2D eigenvalue weighted by molar-refractivity contribution is -0.134. The maximum atomic E-state index is 13.2. The fourth-order valence-electron chi connectivity index (χ4n) is 5.02. The Bertz CT molecular complexity index is 1340. The third-order valence-electron chi connectivity index (χ3n) is 6.99. The van der Waals surface area contributed by atoms with Crippen molar-refractivity contribution >= 4 is 51.4 Å². The number of thiazole rings is 1. The van der Waals surface area contributed by atoms with Crippen LogP contribution in [-0.2, 0) is 17.8 Å². The molecule has 9 nitrogen and oxygen atoms in total. The molecule has 37 heavy (non-hydrogen) atoms. The van der Waals surface area contributed by atoms with Crippen LogP contribution in [0.15, 0.2) is 30.5 Å². The summed E-state index contributed by atoms with van der Waals surface area (Å²) in [6.07, 6.45) is 4.04. The maximum Gasteiger partial charge on any atom is 0.280 e. The van der Waals surface area contributed by atoms with Crippen molar-refractivity contribution in [3.05, 3.63) is 56.8 Å². The molecule has 5 rings (SSSR count). The Morgan fingerprint density at radius 3 is 2.68 bits per heavy atom. The predicted octanol–water partition coefficient (Wildman–Crippen LogP) is 2.78. The van der Waals surface area contributed by atoms with E-state index in [1.54, 1.807) is 43.4 Å². The first-order valence-corrected chi connectivity index (χ1v) is 13.6. The van der Waals surface area contributed by atoms with Crippen LogP contribution in [0.25, 0.3) is 10.8 Å². The molecule has 0 spiro atoms. The Hall–Kier alpha value is -3.08. The van der Waals surface area contributed by atoms with Gasteiger partial charge in [0, 0.05) is 67.0 Å².